The number of nitriles is 1. The Balaban J connectivity index is 2.31. The fourth-order valence-corrected chi connectivity index (χ4v) is 1.80. The number of nitrogens with two attached hydrogens (primary N) is 1. The van der Waals surface area contributed by atoms with Gasteiger partial charge in [-0.25, -0.2) is 0 Å². The predicted molar refractivity (Wildman–Crippen MR) is 71.0 cm³/mol. The Morgan fingerprint density at radius 2 is 2.11 bits per heavy atom. The van der Waals surface area contributed by atoms with Crippen LogP contribution in [0.25, 0.3) is 0 Å². The zero-order valence-electron chi connectivity index (χ0n) is 10.4. The number of primary amides is 1. The third-order valence-electron chi connectivity index (χ3n) is 2.85. The molecule has 19 heavy (non-hydrogen) atoms. The van der Waals surface area contributed by atoms with Crippen LogP contribution in [0.1, 0.15) is 0 Å². The second-order valence-corrected chi connectivity index (χ2v) is 4.00. The van der Waals surface area contributed by atoms with Gasteiger partial charge in [0.2, 0.25) is 5.91 Å². The molecule has 1 aromatic carbocycles. The first-order valence-electron chi connectivity index (χ1n) is 5.67. The summed E-state index contributed by atoms with van der Waals surface area (Å²) < 4.78 is 5.08. The fraction of sp³-hybridized carbons (Fsp3) is 0.143. The number of benzene rings is 1. The minimum absolute atomic E-state index is 0.279. The van der Waals surface area contributed by atoms with E-state index in [1.54, 1.807) is 30.5 Å². The minimum atomic E-state index is -0.591. The van der Waals surface area contributed by atoms with Crippen LogP contribution in [0.5, 0.6) is 5.75 Å². The molecular formula is C14H13N3O2. The van der Waals surface area contributed by atoms with Gasteiger partial charge in [0.25, 0.3) is 0 Å². The number of hydrogen-bond acceptors (Lipinski definition) is 4. The Bertz CT molecular complexity index is 582. The molecule has 0 spiro atoms. The molecule has 0 aliphatic carbocycles. The molecule has 2 rings (SSSR count). The van der Waals surface area contributed by atoms with E-state index in [0.29, 0.717) is 0 Å². The number of nitrogens with zero attached hydrogens (tertiary/aromatic N) is 2. The van der Waals surface area contributed by atoms with E-state index >= 15 is 0 Å². The number of carbonyl (C=O) groups is 1. The van der Waals surface area contributed by atoms with Crippen LogP contribution in [-0.4, -0.2) is 13.0 Å². The van der Waals surface area contributed by atoms with Gasteiger partial charge in [0.1, 0.15) is 5.75 Å². The molecule has 1 aliphatic heterocycles. The molecule has 1 heterocycles. The van der Waals surface area contributed by atoms with Gasteiger partial charge in [0, 0.05) is 18.1 Å². The number of rotatable bonds is 3. The number of methoxy groups -OCH3 is 1. The van der Waals surface area contributed by atoms with Crippen LogP contribution in [0.2, 0.25) is 0 Å². The molecule has 1 atom stereocenters. The molecule has 0 fully saturated rings. The van der Waals surface area contributed by atoms with Crippen LogP contribution in [-0.2, 0) is 4.79 Å². The number of carbonyl (C=O) groups excluding carboxylic acids is 1. The number of anilines is 1. The second kappa shape index (κ2) is 5.27. The topological polar surface area (TPSA) is 79.3 Å². The molecule has 0 radical (unpaired) electrons. The average molecular weight is 255 g/mol. The maximum atomic E-state index is 11.3. The largest absolute Gasteiger partial charge is 0.497 e. The van der Waals surface area contributed by atoms with Crippen LogP contribution in [0, 0.1) is 17.2 Å². The molecule has 5 heteroatoms. The first kappa shape index (κ1) is 12.7. The Kier molecular flexibility index (Phi) is 3.53. The molecule has 0 aromatic heterocycles. The smallest absolute Gasteiger partial charge is 0.247 e. The summed E-state index contributed by atoms with van der Waals surface area (Å²) in [4.78, 5) is 13.1. The summed E-state index contributed by atoms with van der Waals surface area (Å²) in [5.74, 6) is -0.430. The van der Waals surface area contributed by atoms with Gasteiger partial charge in [0.05, 0.1) is 24.7 Å². The monoisotopic (exact) mass is 255 g/mol. The van der Waals surface area contributed by atoms with Gasteiger partial charge in [0.15, 0.2) is 0 Å². The normalized spacial score (nSPS) is 17.6. The number of amides is 1. The number of allylic oxidation sites excluding steroid dienone is 1. The molecular weight excluding hydrogens is 242 g/mol. The number of hydrogen-bond donors (Lipinski definition) is 1. The van der Waals surface area contributed by atoms with Crippen molar-refractivity contribution < 1.29 is 9.53 Å². The highest BCUT2D eigenvalue weighted by molar-refractivity contribution is 5.94. The summed E-state index contributed by atoms with van der Waals surface area (Å²) in [6, 6.07) is 9.36. The van der Waals surface area contributed by atoms with Gasteiger partial charge in [-0.2, -0.15) is 5.26 Å². The van der Waals surface area contributed by atoms with Crippen molar-refractivity contribution in [3.05, 3.63) is 48.3 Å². The van der Waals surface area contributed by atoms with Crippen LogP contribution >= 0.6 is 0 Å². The summed E-state index contributed by atoms with van der Waals surface area (Å²) in [5, 5.41) is 8.95. The minimum Gasteiger partial charge on any atom is -0.497 e. The van der Waals surface area contributed by atoms with Crippen LogP contribution in [0.15, 0.2) is 48.3 Å². The van der Waals surface area contributed by atoms with Crippen molar-refractivity contribution in [1.82, 2.24) is 0 Å². The maximum Gasteiger partial charge on any atom is 0.247 e. The molecule has 1 aromatic rings. The molecule has 0 saturated heterocycles. The lowest BCUT2D eigenvalue weighted by molar-refractivity contribution is -0.114. The molecule has 1 amide bonds. The summed E-state index contributed by atoms with van der Waals surface area (Å²) in [5.41, 5.74) is 6.41. The lowest BCUT2D eigenvalue weighted by Gasteiger charge is -2.22. The summed E-state index contributed by atoms with van der Waals surface area (Å²) in [7, 11) is 1.60. The highest BCUT2D eigenvalue weighted by Gasteiger charge is 2.21. The first-order chi connectivity index (χ1) is 9.15. The third-order valence-corrected chi connectivity index (χ3v) is 2.85. The van der Waals surface area contributed by atoms with Gasteiger partial charge in [-0.05, 0) is 30.3 Å². The van der Waals surface area contributed by atoms with E-state index in [2.05, 4.69) is 0 Å². The quantitative estimate of drug-likeness (QED) is 0.888. The van der Waals surface area contributed by atoms with Crippen LogP contribution < -0.4 is 15.4 Å². The van der Waals surface area contributed by atoms with Crippen LogP contribution in [0.4, 0.5) is 5.69 Å². The SMILES string of the molecule is COc1ccc(N2C=CC(C#N)C(C(N)=O)=C2)cc1. The van der Waals surface area contributed by atoms with Gasteiger partial charge in [-0.15, -0.1) is 0 Å². The van der Waals surface area contributed by atoms with E-state index in [-0.39, 0.29) is 5.57 Å². The summed E-state index contributed by atoms with van der Waals surface area (Å²) >= 11 is 0. The maximum absolute atomic E-state index is 11.3. The van der Waals surface area contributed by atoms with Crippen molar-refractivity contribution in [1.29, 1.82) is 5.26 Å². The Morgan fingerprint density at radius 1 is 1.42 bits per heavy atom. The zero-order valence-corrected chi connectivity index (χ0v) is 10.4. The lowest BCUT2D eigenvalue weighted by atomic mass is 9.98. The second-order valence-electron chi connectivity index (χ2n) is 4.00. The van der Waals surface area contributed by atoms with E-state index in [4.69, 9.17) is 15.7 Å². The molecule has 96 valence electrons. The van der Waals surface area contributed by atoms with E-state index in [0.717, 1.165) is 11.4 Å². The van der Waals surface area contributed by atoms with E-state index in [1.165, 1.54) is 0 Å². The molecule has 0 bridgehead atoms. The Labute approximate surface area is 111 Å². The van der Waals surface area contributed by atoms with Gasteiger partial charge < -0.3 is 15.4 Å². The van der Waals surface area contributed by atoms with Gasteiger partial charge in [-0.3, -0.25) is 4.79 Å². The lowest BCUT2D eigenvalue weighted by Crippen LogP contribution is -2.25. The Hall–Kier alpha value is -2.74. The summed E-state index contributed by atoms with van der Waals surface area (Å²) in [6.45, 7) is 0. The zero-order chi connectivity index (χ0) is 13.8. The average Bonchev–Trinajstić information content (AvgIpc) is 2.46. The van der Waals surface area contributed by atoms with Crippen molar-refractivity contribution in [2.45, 2.75) is 0 Å². The van der Waals surface area contributed by atoms with Crippen molar-refractivity contribution in [2.24, 2.45) is 11.7 Å². The fourth-order valence-electron chi connectivity index (χ4n) is 1.80. The van der Waals surface area contributed by atoms with Gasteiger partial charge in [-0.1, -0.05) is 0 Å². The van der Waals surface area contributed by atoms with E-state index in [1.807, 2.05) is 30.3 Å². The van der Waals surface area contributed by atoms with Crippen molar-refractivity contribution in [3.63, 3.8) is 0 Å². The standard InChI is InChI=1S/C14H13N3O2/c1-19-12-4-2-11(3-5-12)17-7-6-10(8-15)13(9-17)14(16)18/h2-7,9-10H,1H3,(H2,16,18). The molecule has 0 saturated carbocycles. The summed E-state index contributed by atoms with van der Waals surface area (Å²) in [6.07, 6.45) is 4.96. The van der Waals surface area contributed by atoms with Crippen LogP contribution in [0.3, 0.4) is 0 Å². The molecule has 5 nitrogen and oxygen atoms in total. The van der Waals surface area contributed by atoms with Crippen molar-refractivity contribution in [2.75, 3.05) is 12.0 Å². The molecule has 1 unspecified atom stereocenters. The Morgan fingerprint density at radius 3 is 2.63 bits per heavy atom. The molecule has 1 aliphatic rings. The van der Waals surface area contributed by atoms with Crippen molar-refractivity contribution in [3.8, 4) is 11.8 Å². The third kappa shape index (κ3) is 2.58. The van der Waals surface area contributed by atoms with Crippen molar-refractivity contribution >= 4 is 11.6 Å². The van der Waals surface area contributed by atoms with Gasteiger partial charge >= 0.3 is 0 Å². The van der Waals surface area contributed by atoms with E-state index in [9.17, 15) is 4.79 Å². The molecule has 2 N–H and O–H groups in total. The highest BCUT2D eigenvalue weighted by atomic mass is 16.5. The predicted octanol–water partition coefficient (Wildman–Crippen LogP) is 1.54. The highest BCUT2D eigenvalue weighted by Crippen LogP contribution is 2.25. The van der Waals surface area contributed by atoms with E-state index < -0.39 is 11.8 Å². The number of ether oxygens (including phenoxy) is 1. The first-order valence-corrected chi connectivity index (χ1v) is 5.67.